The zero-order chi connectivity index (χ0) is 18.1. The van der Waals surface area contributed by atoms with Gasteiger partial charge in [0.05, 0.1) is 12.1 Å². The lowest BCUT2D eigenvalue weighted by molar-refractivity contribution is 0.221. The highest BCUT2D eigenvalue weighted by atomic mass is 19.1. The maximum absolute atomic E-state index is 14.4. The largest absolute Gasteiger partial charge is 0.300 e. The summed E-state index contributed by atoms with van der Waals surface area (Å²) in [6.07, 6.45) is 4.76. The summed E-state index contributed by atoms with van der Waals surface area (Å²) in [7, 11) is 0. The van der Waals surface area contributed by atoms with Crippen molar-refractivity contribution in [3.63, 3.8) is 0 Å². The first-order valence-corrected chi connectivity index (χ1v) is 8.80. The number of hydrogen-bond donors (Lipinski definition) is 1. The van der Waals surface area contributed by atoms with Gasteiger partial charge in [0.25, 0.3) is 0 Å². The van der Waals surface area contributed by atoms with E-state index in [1.807, 2.05) is 20.8 Å². The van der Waals surface area contributed by atoms with E-state index in [1.165, 1.54) is 6.07 Å². The minimum atomic E-state index is -0.554. The SMILES string of the molecule is CC(C)(C)n1nnc(CNC2(c3ccc(F)cc3F)CCCCC2)n1. The first-order valence-electron chi connectivity index (χ1n) is 8.80. The van der Waals surface area contributed by atoms with Crippen LogP contribution in [0.4, 0.5) is 8.78 Å². The summed E-state index contributed by atoms with van der Waals surface area (Å²) in [5.41, 5.74) is -0.225. The standard InChI is InChI=1S/C18H25F2N5/c1-17(2,3)25-23-16(22-24-25)12-21-18(9-5-4-6-10-18)14-8-7-13(19)11-15(14)20/h7-8,11,21H,4-6,9-10,12H2,1-3H3. The van der Waals surface area contributed by atoms with Crippen LogP contribution < -0.4 is 5.32 Å². The summed E-state index contributed by atoms with van der Waals surface area (Å²) < 4.78 is 27.8. The Morgan fingerprint density at radius 2 is 1.88 bits per heavy atom. The van der Waals surface area contributed by atoms with Crippen molar-refractivity contribution in [3.8, 4) is 0 Å². The van der Waals surface area contributed by atoms with Gasteiger partial charge in [-0.05, 0) is 44.9 Å². The molecule has 0 saturated heterocycles. The van der Waals surface area contributed by atoms with E-state index < -0.39 is 17.2 Å². The smallest absolute Gasteiger partial charge is 0.188 e. The van der Waals surface area contributed by atoms with Crippen molar-refractivity contribution in [1.29, 1.82) is 0 Å². The van der Waals surface area contributed by atoms with Gasteiger partial charge in [-0.3, -0.25) is 0 Å². The lowest BCUT2D eigenvalue weighted by atomic mass is 9.76. The Morgan fingerprint density at radius 3 is 2.48 bits per heavy atom. The van der Waals surface area contributed by atoms with Crippen molar-refractivity contribution in [2.45, 2.75) is 70.5 Å². The number of tetrazole rings is 1. The molecule has 0 amide bonds. The van der Waals surface area contributed by atoms with Crippen LogP contribution in [0.5, 0.6) is 0 Å². The molecular weight excluding hydrogens is 324 g/mol. The Hall–Kier alpha value is -1.89. The molecule has 1 aliphatic rings. The number of nitrogens with zero attached hydrogens (tertiary/aromatic N) is 4. The van der Waals surface area contributed by atoms with E-state index in [-0.39, 0.29) is 5.54 Å². The third-order valence-corrected chi connectivity index (χ3v) is 4.79. The predicted molar refractivity (Wildman–Crippen MR) is 90.8 cm³/mol. The molecule has 0 aliphatic heterocycles. The van der Waals surface area contributed by atoms with Crippen LogP contribution in [0.25, 0.3) is 0 Å². The van der Waals surface area contributed by atoms with E-state index in [0.29, 0.717) is 17.9 Å². The van der Waals surface area contributed by atoms with Crippen LogP contribution >= 0.6 is 0 Å². The van der Waals surface area contributed by atoms with Crippen molar-refractivity contribution in [2.75, 3.05) is 0 Å². The number of benzene rings is 1. The fourth-order valence-electron chi connectivity index (χ4n) is 3.42. The molecule has 0 atom stereocenters. The molecule has 2 aromatic rings. The molecule has 1 N–H and O–H groups in total. The van der Waals surface area contributed by atoms with Gasteiger partial charge in [-0.25, -0.2) is 8.78 Å². The van der Waals surface area contributed by atoms with Crippen molar-refractivity contribution >= 4 is 0 Å². The molecule has 1 heterocycles. The highest BCUT2D eigenvalue weighted by molar-refractivity contribution is 5.27. The molecule has 0 spiro atoms. The molecule has 7 heteroatoms. The third-order valence-electron chi connectivity index (χ3n) is 4.79. The molecule has 1 fully saturated rings. The maximum atomic E-state index is 14.4. The van der Waals surface area contributed by atoms with Gasteiger partial charge in [-0.2, -0.15) is 4.80 Å². The molecule has 136 valence electrons. The lowest BCUT2D eigenvalue weighted by Crippen LogP contribution is -2.44. The summed E-state index contributed by atoms with van der Waals surface area (Å²) in [5.74, 6) is -0.481. The second kappa shape index (κ2) is 6.78. The Labute approximate surface area is 146 Å². The molecule has 3 rings (SSSR count). The number of nitrogens with one attached hydrogen (secondary N) is 1. The van der Waals surface area contributed by atoms with E-state index in [4.69, 9.17) is 0 Å². The zero-order valence-corrected chi connectivity index (χ0v) is 15.0. The van der Waals surface area contributed by atoms with Crippen LogP contribution in [0.1, 0.15) is 64.3 Å². The fourth-order valence-corrected chi connectivity index (χ4v) is 3.42. The van der Waals surface area contributed by atoms with Crippen LogP contribution in [-0.4, -0.2) is 20.2 Å². The van der Waals surface area contributed by atoms with E-state index in [1.54, 1.807) is 10.9 Å². The van der Waals surface area contributed by atoms with Gasteiger partial charge in [-0.15, -0.1) is 10.2 Å². The van der Waals surface area contributed by atoms with E-state index in [0.717, 1.165) is 38.2 Å². The zero-order valence-electron chi connectivity index (χ0n) is 15.0. The van der Waals surface area contributed by atoms with E-state index in [9.17, 15) is 8.78 Å². The summed E-state index contributed by atoms with van der Waals surface area (Å²) in [6, 6.07) is 3.84. The molecule has 1 aromatic carbocycles. The molecule has 25 heavy (non-hydrogen) atoms. The predicted octanol–water partition coefficient (Wildman–Crippen LogP) is 3.66. The van der Waals surface area contributed by atoms with Gasteiger partial charge in [0.1, 0.15) is 11.6 Å². The van der Waals surface area contributed by atoms with Crippen molar-refractivity contribution in [3.05, 3.63) is 41.2 Å². The number of halogens is 2. The average Bonchev–Trinajstić information content (AvgIpc) is 3.03. The molecule has 1 aromatic heterocycles. The van der Waals surface area contributed by atoms with E-state index in [2.05, 4.69) is 20.7 Å². The van der Waals surface area contributed by atoms with Crippen LogP contribution in [0.3, 0.4) is 0 Å². The number of hydrogen-bond acceptors (Lipinski definition) is 4. The van der Waals surface area contributed by atoms with Crippen LogP contribution in [-0.2, 0) is 17.6 Å². The quantitative estimate of drug-likeness (QED) is 0.915. The Balaban J connectivity index is 1.83. The van der Waals surface area contributed by atoms with Gasteiger partial charge in [0.2, 0.25) is 0 Å². The Bertz CT molecular complexity index is 729. The van der Waals surface area contributed by atoms with Crippen LogP contribution in [0.2, 0.25) is 0 Å². The van der Waals surface area contributed by atoms with Crippen molar-refractivity contribution < 1.29 is 8.78 Å². The Kier molecular flexibility index (Phi) is 4.86. The average molecular weight is 349 g/mol. The summed E-state index contributed by atoms with van der Waals surface area (Å²) in [6.45, 7) is 6.40. The van der Waals surface area contributed by atoms with Crippen LogP contribution in [0, 0.1) is 11.6 Å². The molecule has 1 aliphatic carbocycles. The molecule has 0 unspecified atom stereocenters. The summed E-state index contributed by atoms with van der Waals surface area (Å²) >= 11 is 0. The summed E-state index contributed by atoms with van der Waals surface area (Å²) in [4.78, 5) is 1.58. The molecular formula is C18H25F2N5. The highest BCUT2D eigenvalue weighted by Crippen LogP contribution is 2.38. The number of aromatic nitrogens is 4. The molecule has 0 radical (unpaired) electrons. The monoisotopic (exact) mass is 349 g/mol. The molecule has 0 bridgehead atoms. The first-order chi connectivity index (χ1) is 11.8. The maximum Gasteiger partial charge on any atom is 0.188 e. The summed E-state index contributed by atoms with van der Waals surface area (Å²) in [5, 5.41) is 16.0. The number of rotatable bonds is 4. The van der Waals surface area contributed by atoms with Crippen molar-refractivity contribution in [2.24, 2.45) is 0 Å². The fraction of sp³-hybridized carbons (Fsp3) is 0.611. The topological polar surface area (TPSA) is 55.6 Å². The minimum absolute atomic E-state index is 0.239. The third kappa shape index (κ3) is 3.86. The highest BCUT2D eigenvalue weighted by Gasteiger charge is 2.36. The van der Waals surface area contributed by atoms with Gasteiger partial charge in [-0.1, -0.05) is 25.3 Å². The normalized spacial score (nSPS) is 17.6. The van der Waals surface area contributed by atoms with Gasteiger partial charge < -0.3 is 5.32 Å². The second-order valence-electron chi connectivity index (χ2n) is 7.79. The Morgan fingerprint density at radius 1 is 1.16 bits per heavy atom. The van der Waals surface area contributed by atoms with Gasteiger partial charge in [0.15, 0.2) is 5.82 Å². The first kappa shape index (κ1) is 17.9. The molecule has 5 nitrogen and oxygen atoms in total. The lowest BCUT2D eigenvalue weighted by Gasteiger charge is -2.39. The van der Waals surface area contributed by atoms with E-state index >= 15 is 0 Å². The van der Waals surface area contributed by atoms with Gasteiger partial charge in [0, 0.05) is 17.2 Å². The van der Waals surface area contributed by atoms with Gasteiger partial charge >= 0.3 is 0 Å². The second-order valence-corrected chi connectivity index (χ2v) is 7.79. The minimum Gasteiger partial charge on any atom is -0.300 e. The van der Waals surface area contributed by atoms with Crippen molar-refractivity contribution in [1.82, 2.24) is 25.5 Å². The molecule has 1 saturated carbocycles. The van der Waals surface area contributed by atoms with Crippen LogP contribution in [0.15, 0.2) is 18.2 Å².